The highest BCUT2D eigenvalue weighted by Crippen LogP contribution is 2.29. The van der Waals surface area contributed by atoms with Crippen molar-refractivity contribution in [2.75, 3.05) is 0 Å². The van der Waals surface area contributed by atoms with Gasteiger partial charge in [0.05, 0.1) is 0 Å². The molecule has 1 rings (SSSR count). The van der Waals surface area contributed by atoms with Gasteiger partial charge in [-0.15, -0.1) is 11.3 Å². The molecule has 0 aliphatic carbocycles. The molecule has 0 saturated heterocycles. The molecule has 0 spiro atoms. The maximum Gasteiger partial charge on any atom is 0.345 e. The zero-order valence-electron chi connectivity index (χ0n) is 5.48. The van der Waals surface area contributed by atoms with Gasteiger partial charge >= 0.3 is 5.97 Å². The third-order valence-corrected chi connectivity index (χ3v) is 4.31. The highest BCUT2D eigenvalue weighted by atomic mass is 79.9. The summed E-state index contributed by atoms with van der Waals surface area (Å²) in [5.74, 6) is -1.10. The number of thiophene rings is 1. The minimum Gasteiger partial charge on any atom is -0.477 e. The highest BCUT2D eigenvalue weighted by Gasteiger charge is 2.15. The molecule has 0 aliphatic heterocycles. The van der Waals surface area contributed by atoms with Gasteiger partial charge in [-0.1, -0.05) is 0 Å². The lowest BCUT2D eigenvalue weighted by Crippen LogP contribution is -1.89. The van der Waals surface area contributed by atoms with Crippen LogP contribution in [0.5, 0.6) is 0 Å². The van der Waals surface area contributed by atoms with Crippen molar-refractivity contribution >= 4 is 44.3 Å². The van der Waals surface area contributed by atoms with Crippen LogP contribution in [0.15, 0.2) is 14.7 Å². The van der Waals surface area contributed by atoms with Crippen LogP contribution < -0.4 is 0 Å². The first-order valence-corrected chi connectivity index (χ1v) is 5.37. The summed E-state index contributed by atoms with van der Waals surface area (Å²) in [6.45, 7) is 0. The average molecular weight is 271 g/mol. The van der Waals surface area contributed by atoms with E-state index in [0.717, 1.165) is 11.3 Å². The lowest BCUT2D eigenvalue weighted by Gasteiger charge is -1.86. The van der Waals surface area contributed by atoms with Gasteiger partial charge in [-0.05, 0) is 22.0 Å². The van der Waals surface area contributed by atoms with E-state index in [1.165, 1.54) is 6.07 Å². The van der Waals surface area contributed by atoms with Crippen LogP contribution in [0.25, 0.3) is 0 Å². The largest absolute Gasteiger partial charge is 0.477 e. The average Bonchev–Trinajstić information content (AvgIpc) is 2.30. The van der Waals surface area contributed by atoms with E-state index in [0.29, 0.717) is 4.47 Å². The molecule has 0 radical (unpaired) electrons. The number of carboxylic acids is 1. The zero-order chi connectivity index (χ0) is 9.30. The summed E-state index contributed by atoms with van der Waals surface area (Å²) in [5, 5.41) is 8.51. The quantitative estimate of drug-likeness (QED) is 0.804. The number of hydrogen-bond donors (Lipinski definition) is 2. The van der Waals surface area contributed by atoms with Crippen molar-refractivity contribution in [3.05, 3.63) is 15.4 Å². The molecule has 1 unspecified atom stereocenters. The van der Waals surface area contributed by atoms with Gasteiger partial charge in [0.15, 0.2) is 11.1 Å². The molecule has 66 valence electrons. The molecule has 0 aromatic carbocycles. The molecule has 7 heteroatoms. The summed E-state index contributed by atoms with van der Waals surface area (Å²) >= 11 is 1.63. The van der Waals surface area contributed by atoms with E-state index in [2.05, 4.69) is 15.9 Å². The second-order valence-corrected chi connectivity index (χ2v) is 4.87. The van der Waals surface area contributed by atoms with Crippen molar-refractivity contribution in [2.24, 2.45) is 0 Å². The number of hydrogen-bond acceptors (Lipinski definition) is 3. The van der Waals surface area contributed by atoms with Crippen molar-refractivity contribution in [1.82, 2.24) is 0 Å². The summed E-state index contributed by atoms with van der Waals surface area (Å²) < 4.78 is 19.7. The molecule has 1 atom stereocenters. The SMILES string of the molecule is O=C(O)c1cc(Br)c(S(=O)O)s1. The summed E-state index contributed by atoms with van der Waals surface area (Å²) in [4.78, 5) is 10.4. The van der Waals surface area contributed by atoms with Gasteiger partial charge in [-0.3, -0.25) is 0 Å². The van der Waals surface area contributed by atoms with E-state index in [4.69, 9.17) is 9.66 Å². The van der Waals surface area contributed by atoms with Crippen LogP contribution in [0.4, 0.5) is 0 Å². The third kappa shape index (κ3) is 1.92. The Morgan fingerprint density at radius 1 is 1.67 bits per heavy atom. The Morgan fingerprint density at radius 2 is 2.25 bits per heavy atom. The van der Waals surface area contributed by atoms with Crippen LogP contribution in [-0.4, -0.2) is 19.8 Å². The standard InChI is InChI=1S/C5H3BrO4S2/c6-2-1-3(4(7)8)11-5(2)12(9)10/h1H,(H,7,8)(H,9,10). The molecule has 0 fully saturated rings. The van der Waals surface area contributed by atoms with Crippen molar-refractivity contribution in [1.29, 1.82) is 0 Å². The van der Waals surface area contributed by atoms with Crippen molar-refractivity contribution < 1.29 is 18.7 Å². The number of halogens is 1. The Morgan fingerprint density at radius 3 is 2.50 bits per heavy atom. The Balaban J connectivity index is 3.17. The van der Waals surface area contributed by atoms with Gasteiger partial charge < -0.3 is 9.66 Å². The highest BCUT2D eigenvalue weighted by molar-refractivity contribution is 9.10. The maximum atomic E-state index is 10.6. The first kappa shape index (κ1) is 9.85. The van der Waals surface area contributed by atoms with E-state index >= 15 is 0 Å². The van der Waals surface area contributed by atoms with Gasteiger partial charge in [-0.25, -0.2) is 9.00 Å². The fourth-order valence-electron chi connectivity index (χ4n) is 0.577. The van der Waals surface area contributed by atoms with Gasteiger partial charge in [0, 0.05) is 4.47 Å². The Hall–Kier alpha value is -0.240. The molecule has 1 aromatic rings. The minimum atomic E-state index is -2.13. The first-order valence-electron chi connectivity index (χ1n) is 2.66. The summed E-state index contributed by atoms with van der Waals surface area (Å²) in [6.07, 6.45) is 0. The third-order valence-electron chi connectivity index (χ3n) is 1.02. The molecule has 12 heavy (non-hydrogen) atoms. The van der Waals surface area contributed by atoms with E-state index in [9.17, 15) is 9.00 Å². The lowest BCUT2D eigenvalue weighted by molar-refractivity contribution is 0.0702. The van der Waals surface area contributed by atoms with Gasteiger partial charge in [-0.2, -0.15) is 0 Å². The van der Waals surface area contributed by atoms with Crippen LogP contribution in [0, 0.1) is 0 Å². The molecule has 1 heterocycles. The Bertz CT molecular complexity index is 345. The van der Waals surface area contributed by atoms with Crippen molar-refractivity contribution in [3.63, 3.8) is 0 Å². The molecule has 0 bridgehead atoms. The lowest BCUT2D eigenvalue weighted by atomic mass is 10.5. The monoisotopic (exact) mass is 270 g/mol. The molecular formula is C5H3BrO4S2. The number of rotatable bonds is 2. The van der Waals surface area contributed by atoms with Gasteiger partial charge in [0.25, 0.3) is 0 Å². The summed E-state index contributed by atoms with van der Waals surface area (Å²) in [6, 6.07) is 1.30. The molecule has 1 aromatic heterocycles. The molecular weight excluding hydrogens is 268 g/mol. The van der Waals surface area contributed by atoms with Crippen LogP contribution >= 0.6 is 27.3 Å². The van der Waals surface area contributed by atoms with Gasteiger partial charge in [0.2, 0.25) is 0 Å². The molecule has 0 saturated carbocycles. The van der Waals surface area contributed by atoms with Crippen molar-refractivity contribution in [3.8, 4) is 0 Å². The van der Waals surface area contributed by atoms with Crippen LogP contribution in [-0.2, 0) is 11.1 Å². The Kier molecular flexibility index (Phi) is 2.99. The van der Waals surface area contributed by atoms with Gasteiger partial charge in [0.1, 0.15) is 9.09 Å². The van der Waals surface area contributed by atoms with Crippen molar-refractivity contribution in [2.45, 2.75) is 4.21 Å². The fourth-order valence-corrected chi connectivity index (χ4v) is 3.02. The number of aromatic carboxylic acids is 1. The summed E-state index contributed by atoms with van der Waals surface area (Å²) in [7, 11) is 0. The van der Waals surface area contributed by atoms with Crippen LogP contribution in [0.1, 0.15) is 9.67 Å². The predicted molar refractivity (Wildman–Crippen MR) is 48.0 cm³/mol. The topological polar surface area (TPSA) is 74.6 Å². The smallest absolute Gasteiger partial charge is 0.345 e. The summed E-state index contributed by atoms with van der Waals surface area (Å²) in [5.41, 5.74) is 0. The fraction of sp³-hybridized carbons (Fsp3) is 0. The normalized spacial score (nSPS) is 12.8. The molecule has 4 nitrogen and oxygen atoms in total. The van der Waals surface area contributed by atoms with E-state index in [1.807, 2.05) is 0 Å². The van der Waals surface area contributed by atoms with Crippen LogP contribution in [0.2, 0.25) is 0 Å². The number of carboxylic acid groups (broad SMARTS) is 1. The molecule has 2 N–H and O–H groups in total. The van der Waals surface area contributed by atoms with E-state index in [-0.39, 0.29) is 9.09 Å². The second-order valence-electron chi connectivity index (χ2n) is 1.80. The molecule has 0 amide bonds. The van der Waals surface area contributed by atoms with E-state index < -0.39 is 17.0 Å². The molecule has 0 aliphatic rings. The van der Waals surface area contributed by atoms with E-state index in [1.54, 1.807) is 0 Å². The first-order chi connectivity index (χ1) is 5.52. The van der Waals surface area contributed by atoms with Crippen LogP contribution in [0.3, 0.4) is 0 Å². The maximum absolute atomic E-state index is 10.6. The second kappa shape index (κ2) is 3.65. The number of carbonyl (C=O) groups is 1. The Labute approximate surface area is 82.6 Å². The zero-order valence-corrected chi connectivity index (χ0v) is 8.70. The minimum absolute atomic E-state index is 0.0410. The predicted octanol–water partition coefficient (Wildman–Crippen LogP) is 1.79.